The fraction of sp³-hybridized carbons (Fsp3) is 0.467. The Bertz CT molecular complexity index is 426. The highest BCUT2D eigenvalue weighted by atomic mass is 35.5. The molecule has 0 aliphatic rings. The van der Waals surface area contributed by atoms with E-state index in [4.69, 9.17) is 0 Å². The van der Waals surface area contributed by atoms with E-state index in [0.29, 0.717) is 26.1 Å². The van der Waals surface area contributed by atoms with Gasteiger partial charge < -0.3 is 16.0 Å². The number of carbonyl (C=O) groups is 2. The van der Waals surface area contributed by atoms with E-state index >= 15 is 0 Å². The Morgan fingerprint density at radius 3 is 2.43 bits per heavy atom. The molecule has 1 unspecified atom stereocenters. The summed E-state index contributed by atoms with van der Waals surface area (Å²) in [7, 11) is 1.81. The summed E-state index contributed by atoms with van der Waals surface area (Å²) in [4.78, 5) is 23.2. The molecule has 0 heterocycles. The van der Waals surface area contributed by atoms with Crippen LogP contribution in [0.1, 0.15) is 18.9 Å². The van der Waals surface area contributed by atoms with Crippen molar-refractivity contribution in [1.82, 2.24) is 16.0 Å². The van der Waals surface area contributed by atoms with Gasteiger partial charge in [0.25, 0.3) is 0 Å². The number of benzene rings is 1. The Labute approximate surface area is 132 Å². The standard InChI is InChI=1S/C15H23N3O2.ClH/c1-12(10-16-2)15(20)17-9-8-14(19)18-11-13-6-4-3-5-7-13;/h3-7,12,16H,8-11H2,1-2H3,(H,17,20)(H,18,19);1H. The van der Waals surface area contributed by atoms with Crippen LogP contribution in [0.25, 0.3) is 0 Å². The van der Waals surface area contributed by atoms with Gasteiger partial charge >= 0.3 is 0 Å². The zero-order valence-corrected chi connectivity index (χ0v) is 13.3. The molecule has 0 saturated carbocycles. The maximum absolute atomic E-state index is 11.6. The Morgan fingerprint density at radius 1 is 1.14 bits per heavy atom. The molecule has 0 spiro atoms. The third kappa shape index (κ3) is 8.32. The van der Waals surface area contributed by atoms with Crippen molar-refractivity contribution in [3.63, 3.8) is 0 Å². The lowest BCUT2D eigenvalue weighted by molar-refractivity contribution is -0.124. The van der Waals surface area contributed by atoms with Crippen LogP contribution in [0.3, 0.4) is 0 Å². The highest BCUT2D eigenvalue weighted by Crippen LogP contribution is 1.97. The molecule has 0 aliphatic carbocycles. The molecule has 0 saturated heterocycles. The van der Waals surface area contributed by atoms with Gasteiger partial charge in [-0.05, 0) is 12.6 Å². The van der Waals surface area contributed by atoms with Gasteiger partial charge in [0.05, 0.1) is 0 Å². The Balaban J connectivity index is 0.00000400. The molecule has 0 aliphatic heterocycles. The molecule has 0 radical (unpaired) electrons. The molecule has 1 aromatic carbocycles. The van der Waals surface area contributed by atoms with Crippen LogP contribution in [0.5, 0.6) is 0 Å². The molecule has 6 heteroatoms. The smallest absolute Gasteiger partial charge is 0.224 e. The van der Waals surface area contributed by atoms with Gasteiger partial charge in [-0.1, -0.05) is 37.3 Å². The van der Waals surface area contributed by atoms with Crippen molar-refractivity contribution in [2.75, 3.05) is 20.1 Å². The van der Waals surface area contributed by atoms with Crippen LogP contribution in [-0.2, 0) is 16.1 Å². The summed E-state index contributed by atoms with van der Waals surface area (Å²) >= 11 is 0. The molecule has 1 aromatic rings. The van der Waals surface area contributed by atoms with Gasteiger partial charge in [-0.2, -0.15) is 0 Å². The first kappa shape index (κ1) is 19.4. The van der Waals surface area contributed by atoms with Crippen molar-refractivity contribution in [1.29, 1.82) is 0 Å². The van der Waals surface area contributed by atoms with Crippen LogP contribution in [-0.4, -0.2) is 32.0 Å². The number of halogens is 1. The lowest BCUT2D eigenvalue weighted by Gasteiger charge is -2.11. The monoisotopic (exact) mass is 313 g/mol. The lowest BCUT2D eigenvalue weighted by atomic mass is 10.1. The van der Waals surface area contributed by atoms with Gasteiger partial charge in [0.15, 0.2) is 0 Å². The Morgan fingerprint density at radius 2 is 1.81 bits per heavy atom. The molecule has 21 heavy (non-hydrogen) atoms. The van der Waals surface area contributed by atoms with E-state index < -0.39 is 0 Å². The van der Waals surface area contributed by atoms with E-state index in [1.807, 2.05) is 37.3 Å². The van der Waals surface area contributed by atoms with Crippen molar-refractivity contribution >= 4 is 24.2 Å². The largest absolute Gasteiger partial charge is 0.355 e. The van der Waals surface area contributed by atoms with Crippen LogP contribution in [0.15, 0.2) is 30.3 Å². The normalized spacial score (nSPS) is 11.1. The summed E-state index contributed by atoms with van der Waals surface area (Å²) in [6.07, 6.45) is 0.296. The van der Waals surface area contributed by atoms with Crippen molar-refractivity contribution < 1.29 is 9.59 Å². The van der Waals surface area contributed by atoms with Crippen molar-refractivity contribution in [3.8, 4) is 0 Å². The number of hydrogen-bond acceptors (Lipinski definition) is 3. The minimum Gasteiger partial charge on any atom is -0.355 e. The van der Waals surface area contributed by atoms with Crippen molar-refractivity contribution in [2.24, 2.45) is 5.92 Å². The summed E-state index contributed by atoms with van der Waals surface area (Å²) < 4.78 is 0. The quantitative estimate of drug-likeness (QED) is 0.673. The molecular weight excluding hydrogens is 290 g/mol. The van der Waals surface area contributed by atoms with E-state index in [9.17, 15) is 9.59 Å². The van der Waals surface area contributed by atoms with E-state index in [1.165, 1.54) is 0 Å². The number of hydrogen-bond donors (Lipinski definition) is 3. The second-order valence-electron chi connectivity index (χ2n) is 4.76. The van der Waals surface area contributed by atoms with Crippen LogP contribution < -0.4 is 16.0 Å². The fourth-order valence-electron chi connectivity index (χ4n) is 1.76. The lowest BCUT2D eigenvalue weighted by Crippen LogP contribution is -2.36. The van der Waals surface area contributed by atoms with Gasteiger partial charge in [0.1, 0.15) is 0 Å². The first-order chi connectivity index (χ1) is 9.63. The van der Waals surface area contributed by atoms with Crippen LogP contribution in [0.2, 0.25) is 0 Å². The predicted molar refractivity (Wildman–Crippen MR) is 86.3 cm³/mol. The van der Waals surface area contributed by atoms with Gasteiger partial charge in [-0.25, -0.2) is 0 Å². The van der Waals surface area contributed by atoms with Gasteiger partial charge in [0, 0.05) is 32.0 Å². The SMILES string of the molecule is CNCC(C)C(=O)NCCC(=O)NCc1ccccc1.Cl. The number of amides is 2. The number of rotatable bonds is 8. The molecule has 0 aromatic heterocycles. The summed E-state index contributed by atoms with van der Waals surface area (Å²) in [6, 6.07) is 9.73. The van der Waals surface area contributed by atoms with Crippen molar-refractivity contribution in [3.05, 3.63) is 35.9 Å². The number of carbonyl (C=O) groups excluding carboxylic acids is 2. The minimum atomic E-state index is -0.0904. The molecule has 5 nitrogen and oxygen atoms in total. The van der Waals surface area contributed by atoms with E-state index in [-0.39, 0.29) is 30.1 Å². The second kappa shape index (κ2) is 11.1. The molecule has 0 fully saturated rings. The highest BCUT2D eigenvalue weighted by Gasteiger charge is 2.11. The molecule has 1 atom stereocenters. The van der Waals surface area contributed by atoms with E-state index in [1.54, 1.807) is 7.05 Å². The Hall–Kier alpha value is -1.59. The maximum Gasteiger partial charge on any atom is 0.224 e. The van der Waals surface area contributed by atoms with Gasteiger partial charge in [-0.3, -0.25) is 9.59 Å². The average molecular weight is 314 g/mol. The van der Waals surface area contributed by atoms with Gasteiger partial charge in [-0.15, -0.1) is 12.4 Å². The van der Waals surface area contributed by atoms with Crippen LogP contribution in [0.4, 0.5) is 0 Å². The van der Waals surface area contributed by atoms with Crippen LogP contribution >= 0.6 is 12.4 Å². The fourth-order valence-corrected chi connectivity index (χ4v) is 1.76. The molecular formula is C15H24ClN3O2. The minimum absolute atomic E-state index is 0. The summed E-state index contributed by atoms with van der Waals surface area (Å²) in [6.45, 7) is 3.37. The third-order valence-corrected chi connectivity index (χ3v) is 2.94. The van der Waals surface area contributed by atoms with Crippen LogP contribution in [0, 0.1) is 5.92 Å². The van der Waals surface area contributed by atoms with E-state index in [2.05, 4.69) is 16.0 Å². The molecule has 0 bridgehead atoms. The van der Waals surface area contributed by atoms with E-state index in [0.717, 1.165) is 5.56 Å². The topological polar surface area (TPSA) is 70.2 Å². The zero-order chi connectivity index (χ0) is 14.8. The average Bonchev–Trinajstić information content (AvgIpc) is 2.46. The molecule has 1 rings (SSSR count). The Kier molecular flexibility index (Phi) is 10.3. The highest BCUT2D eigenvalue weighted by molar-refractivity contribution is 5.85. The molecule has 118 valence electrons. The van der Waals surface area contributed by atoms with Gasteiger partial charge in [0.2, 0.25) is 11.8 Å². The summed E-state index contributed by atoms with van der Waals surface area (Å²) in [5.74, 6) is -0.182. The predicted octanol–water partition coefficient (Wildman–Crippen LogP) is 1.09. The number of nitrogens with one attached hydrogen (secondary N) is 3. The first-order valence-electron chi connectivity index (χ1n) is 6.86. The van der Waals surface area contributed by atoms with Crippen molar-refractivity contribution in [2.45, 2.75) is 19.9 Å². The first-order valence-corrected chi connectivity index (χ1v) is 6.86. The maximum atomic E-state index is 11.6. The molecule has 2 amide bonds. The summed E-state index contributed by atoms with van der Waals surface area (Å²) in [5.41, 5.74) is 1.06. The second-order valence-corrected chi connectivity index (χ2v) is 4.76. The third-order valence-electron chi connectivity index (χ3n) is 2.94. The molecule has 3 N–H and O–H groups in total. The summed E-state index contributed by atoms with van der Waals surface area (Å²) in [5, 5.41) is 8.53. The zero-order valence-electron chi connectivity index (χ0n) is 12.5.